The first-order valence-electron chi connectivity index (χ1n) is 10.0. The summed E-state index contributed by atoms with van der Waals surface area (Å²) in [5, 5.41) is 0. The lowest BCUT2D eigenvalue weighted by atomic mass is 9.90. The number of nitrogens with two attached hydrogens (primary N) is 1. The summed E-state index contributed by atoms with van der Waals surface area (Å²) in [5.41, 5.74) is 11.6. The number of imidazole rings is 1. The van der Waals surface area contributed by atoms with E-state index in [0.29, 0.717) is 12.6 Å². The van der Waals surface area contributed by atoms with E-state index < -0.39 is 0 Å². The van der Waals surface area contributed by atoms with Crippen molar-refractivity contribution in [3.8, 4) is 0 Å². The number of benzene rings is 1. The summed E-state index contributed by atoms with van der Waals surface area (Å²) < 4.78 is 0. The van der Waals surface area contributed by atoms with Gasteiger partial charge >= 0.3 is 0 Å². The van der Waals surface area contributed by atoms with Crippen molar-refractivity contribution < 1.29 is 0 Å². The van der Waals surface area contributed by atoms with Crippen LogP contribution in [-0.4, -0.2) is 45.7 Å². The molecule has 4 rings (SSSR count). The monoisotopic (exact) mass is 376 g/mol. The lowest BCUT2D eigenvalue weighted by molar-refractivity contribution is 0.167. The molecule has 3 N–H and O–H groups in total. The van der Waals surface area contributed by atoms with Crippen LogP contribution < -0.4 is 5.73 Å². The first kappa shape index (κ1) is 18.8. The van der Waals surface area contributed by atoms with Crippen molar-refractivity contribution in [2.75, 3.05) is 20.1 Å². The fraction of sp³-hybridized carbons (Fsp3) is 0.409. The minimum Gasteiger partial charge on any atom is -0.341 e. The molecule has 0 saturated carbocycles. The average molecular weight is 377 g/mol. The molecule has 146 valence electrons. The van der Waals surface area contributed by atoms with E-state index in [-0.39, 0.29) is 0 Å². The van der Waals surface area contributed by atoms with Crippen LogP contribution in [0.3, 0.4) is 0 Å². The SMILES string of the molecule is CN=C(CN)CCN(Cc1nc2ccccc2[nH]1)C1CCCc2cccnc21. The van der Waals surface area contributed by atoms with Gasteiger partial charge in [0.25, 0.3) is 0 Å². The predicted octanol–water partition coefficient (Wildman–Crippen LogP) is 3.26. The Bertz CT molecular complexity index is 927. The molecule has 0 bridgehead atoms. The summed E-state index contributed by atoms with van der Waals surface area (Å²) >= 11 is 0. The zero-order valence-corrected chi connectivity index (χ0v) is 16.4. The third kappa shape index (κ3) is 3.98. The zero-order valence-electron chi connectivity index (χ0n) is 16.4. The first-order chi connectivity index (χ1) is 13.8. The smallest absolute Gasteiger partial charge is 0.121 e. The van der Waals surface area contributed by atoms with E-state index in [1.807, 2.05) is 37.5 Å². The van der Waals surface area contributed by atoms with E-state index in [1.165, 1.54) is 17.7 Å². The molecule has 0 saturated heterocycles. The molecule has 2 heterocycles. The van der Waals surface area contributed by atoms with Crippen molar-refractivity contribution in [3.05, 3.63) is 59.7 Å². The van der Waals surface area contributed by atoms with Gasteiger partial charge in [0.05, 0.1) is 29.3 Å². The molecule has 0 radical (unpaired) electrons. The highest BCUT2D eigenvalue weighted by Crippen LogP contribution is 2.33. The number of para-hydroxylation sites is 2. The standard InChI is InChI=1S/C22H28N6/c1-24-17(14-23)11-13-28(15-21-26-18-8-2-3-9-19(18)27-21)20-10-4-6-16-7-5-12-25-22(16)20/h2-3,5,7-9,12,20H,4,6,10-11,13-15,23H2,1H3,(H,26,27). The van der Waals surface area contributed by atoms with Crippen molar-refractivity contribution in [1.29, 1.82) is 0 Å². The zero-order chi connectivity index (χ0) is 19.3. The van der Waals surface area contributed by atoms with Crippen LogP contribution in [-0.2, 0) is 13.0 Å². The third-order valence-electron chi connectivity index (χ3n) is 5.64. The van der Waals surface area contributed by atoms with Gasteiger partial charge in [-0.05, 0) is 49.4 Å². The molecule has 1 atom stereocenters. The molecule has 1 aromatic carbocycles. The van der Waals surface area contributed by atoms with Gasteiger partial charge in [0.2, 0.25) is 0 Å². The van der Waals surface area contributed by atoms with E-state index in [9.17, 15) is 0 Å². The Kier molecular flexibility index (Phi) is 5.78. The number of nitrogens with zero attached hydrogens (tertiary/aromatic N) is 4. The molecule has 2 aromatic heterocycles. The van der Waals surface area contributed by atoms with Crippen LogP contribution >= 0.6 is 0 Å². The summed E-state index contributed by atoms with van der Waals surface area (Å²) in [7, 11) is 1.82. The quantitative estimate of drug-likeness (QED) is 0.620. The topological polar surface area (TPSA) is 83.2 Å². The Balaban J connectivity index is 1.62. The molecule has 1 unspecified atom stereocenters. The Morgan fingerprint density at radius 2 is 2.18 bits per heavy atom. The molecule has 6 nitrogen and oxygen atoms in total. The van der Waals surface area contributed by atoms with Crippen LogP contribution in [0.25, 0.3) is 11.0 Å². The van der Waals surface area contributed by atoms with E-state index in [1.54, 1.807) is 0 Å². The minimum absolute atomic E-state index is 0.300. The summed E-state index contributed by atoms with van der Waals surface area (Å²) in [5.74, 6) is 0.993. The van der Waals surface area contributed by atoms with E-state index in [2.05, 4.69) is 27.0 Å². The highest BCUT2D eigenvalue weighted by atomic mass is 15.2. The molecule has 0 spiro atoms. The minimum atomic E-state index is 0.300. The Morgan fingerprint density at radius 1 is 1.29 bits per heavy atom. The van der Waals surface area contributed by atoms with Crippen molar-refractivity contribution in [3.63, 3.8) is 0 Å². The number of H-pyrrole nitrogens is 1. The number of rotatable bonds is 7. The lowest BCUT2D eigenvalue weighted by Crippen LogP contribution is -2.34. The van der Waals surface area contributed by atoms with Gasteiger partial charge in [-0.2, -0.15) is 0 Å². The molecule has 6 heteroatoms. The molecule has 0 fully saturated rings. The van der Waals surface area contributed by atoms with E-state index >= 15 is 0 Å². The number of fused-ring (bicyclic) bond motifs is 2. The fourth-order valence-corrected chi connectivity index (χ4v) is 4.14. The molecule has 28 heavy (non-hydrogen) atoms. The highest BCUT2D eigenvalue weighted by molar-refractivity contribution is 5.86. The number of aliphatic imine (C=N–C) groups is 1. The normalized spacial score (nSPS) is 17.2. The Hall–Kier alpha value is -2.57. The molecule has 0 aliphatic heterocycles. The van der Waals surface area contributed by atoms with Gasteiger partial charge in [-0.15, -0.1) is 0 Å². The van der Waals surface area contributed by atoms with Crippen LogP contribution in [0, 0.1) is 0 Å². The van der Waals surface area contributed by atoms with Crippen LogP contribution in [0.15, 0.2) is 47.6 Å². The van der Waals surface area contributed by atoms with E-state index in [4.69, 9.17) is 15.7 Å². The Morgan fingerprint density at radius 3 is 3.00 bits per heavy atom. The second-order valence-electron chi connectivity index (χ2n) is 7.37. The third-order valence-corrected chi connectivity index (χ3v) is 5.64. The maximum Gasteiger partial charge on any atom is 0.121 e. The van der Waals surface area contributed by atoms with Crippen molar-refractivity contribution >= 4 is 16.7 Å². The van der Waals surface area contributed by atoms with Crippen LogP contribution in [0.4, 0.5) is 0 Å². The van der Waals surface area contributed by atoms with Gasteiger partial charge in [0.15, 0.2) is 0 Å². The van der Waals surface area contributed by atoms with Gasteiger partial charge < -0.3 is 10.7 Å². The number of pyridine rings is 1. The molecule has 3 aromatic rings. The van der Waals surface area contributed by atoms with Gasteiger partial charge in [0, 0.05) is 32.0 Å². The predicted molar refractivity (Wildman–Crippen MR) is 113 cm³/mol. The van der Waals surface area contributed by atoms with Crippen LogP contribution in [0.5, 0.6) is 0 Å². The van der Waals surface area contributed by atoms with E-state index in [0.717, 1.165) is 54.9 Å². The molecule has 1 aliphatic rings. The lowest BCUT2D eigenvalue weighted by Gasteiger charge is -2.34. The molecular formula is C22H28N6. The van der Waals surface area contributed by atoms with Gasteiger partial charge in [-0.25, -0.2) is 4.98 Å². The van der Waals surface area contributed by atoms with Crippen molar-refractivity contribution in [2.45, 2.75) is 38.3 Å². The maximum atomic E-state index is 5.85. The number of aryl methyl sites for hydroxylation is 1. The van der Waals surface area contributed by atoms with Gasteiger partial charge in [-0.1, -0.05) is 18.2 Å². The summed E-state index contributed by atoms with van der Waals surface area (Å²) in [6.07, 6.45) is 6.20. The Labute approximate surface area is 165 Å². The fourth-order valence-electron chi connectivity index (χ4n) is 4.14. The number of aromatic amines is 1. The second kappa shape index (κ2) is 8.63. The van der Waals surface area contributed by atoms with Crippen LogP contribution in [0.2, 0.25) is 0 Å². The number of hydrogen-bond acceptors (Lipinski definition) is 5. The summed E-state index contributed by atoms with van der Waals surface area (Å²) in [6, 6.07) is 12.7. The largest absolute Gasteiger partial charge is 0.341 e. The number of hydrogen-bond donors (Lipinski definition) is 2. The molecule has 0 amide bonds. The number of aromatic nitrogens is 3. The maximum absolute atomic E-state index is 5.85. The van der Waals surface area contributed by atoms with Gasteiger partial charge in [-0.3, -0.25) is 14.9 Å². The van der Waals surface area contributed by atoms with Crippen LogP contribution in [0.1, 0.15) is 42.4 Å². The highest BCUT2D eigenvalue weighted by Gasteiger charge is 2.27. The summed E-state index contributed by atoms with van der Waals surface area (Å²) in [6.45, 7) is 2.16. The molecular weight excluding hydrogens is 348 g/mol. The average Bonchev–Trinajstić information content (AvgIpc) is 3.15. The summed E-state index contributed by atoms with van der Waals surface area (Å²) in [4.78, 5) is 19.8. The second-order valence-corrected chi connectivity index (χ2v) is 7.37. The van der Waals surface area contributed by atoms with Gasteiger partial charge in [0.1, 0.15) is 5.82 Å². The number of nitrogens with one attached hydrogen (secondary N) is 1. The van der Waals surface area contributed by atoms with Crippen molar-refractivity contribution in [1.82, 2.24) is 19.9 Å². The molecule has 1 aliphatic carbocycles. The van der Waals surface area contributed by atoms with Crippen molar-refractivity contribution in [2.24, 2.45) is 10.7 Å². The first-order valence-corrected chi connectivity index (χ1v) is 10.0.